The van der Waals surface area contributed by atoms with Gasteiger partial charge in [-0.05, 0) is 64.0 Å². The van der Waals surface area contributed by atoms with Gasteiger partial charge >= 0.3 is 0 Å². The molecule has 2 amide bonds. The summed E-state index contributed by atoms with van der Waals surface area (Å²) in [7, 11) is 0. The molecule has 6 heteroatoms. The van der Waals surface area contributed by atoms with Gasteiger partial charge in [0.15, 0.2) is 0 Å². The molecule has 34 heavy (non-hydrogen) atoms. The Morgan fingerprint density at radius 1 is 0.588 bits per heavy atom. The van der Waals surface area contributed by atoms with Gasteiger partial charge in [-0.1, -0.05) is 65.5 Å². The number of rotatable bonds is 20. The lowest BCUT2D eigenvalue weighted by Gasteiger charge is -2.22. The third-order valence-corrected chi connectivity index (χ3v) is 6.16. The quantitative estimate of drug-likeness (QED) is 0.281. The van der Waals surface area contributed by atoms with E-state index in [0.29, 0.717) is 24.2 Å². The zero-order valence-electron chi connectivity index (χ0n) is 22.3. The third kappa shape index (κ3) is 12.5. The van der Waals surface area contributed by atoms with Crippen molar-refractivity contribution in [2.45, 2.75) is 79.1 Å². The Labute approximate surface area is 208 Å². The summed E-state index contributed by atoms with van der Waals surface area (Å²) < 4.78 is 0. The van der Waals surface area contributed by atoms with E-state index < -0.39 is 0 Å². The minimum absolute atomic E-state index is 0.177. The Hall–Kier alpha value is -1.92. The molecule has 0 aliphatic carbocycles. The average Bonchev–Trinajstić information content (AvgIpc) is 2.86. The molecule has 0 radical (unpaired) electrons. The second-order valence-electron chi connectivity index (χ2n) is 9.15. The number of carbonyl (C=O) groups is 2. The summed E-state index contributed by atoms with van der Waals surface area (Å²) in [4.78, 5) is 30.6. The van der Waals surface area contributed by atoms with Crippen LogP contribution >= 0.6 is 0 Å². The highest BCUT2D eigenvalue weighted by Crippen LogP contribution is 2.09. The van der Waals surface area contributed by atoms with Gasteiger partial charge in [0.1, 0.15) is 0 Å². The molecule has 1 aromatic carbocycles. The van der Waals surface area contributed by atoms with Gasteiger partial charge in [0, 0.05) is 26.2 Å². The number of benzene rings is 1. The van der Waals surface area contributed by atoms with Gasteiger partial charge in [-0.25, -0.2) is 0 Å². The van der Waals surface area contributed by atoms with Crippen LogP contribution in [-0.4, -0.2) is 74.0 Å². The third-order valence-electron chi connectivity index (χ3n) is 6.16. The van der Waals surface area contributed by atoms with Gasteiger partial charge in [-0.15, -0.1) is 0 Å². The Morgan fingerprint density at radius 2 is 0.912 bits per heavy atom. The van der Waals surface area contributed by atoms with Crippen molar-refractivity contribution in [1.82, 2.24) is 20.4 Å². The Morgan fingerprint density at radius 3 is 1.21 bits per heavy atom. The van der Waals surface area contributed by atoms with E-state index in [9.17, 15) is 9.59 Å². The molecule has 0 heterocycles. The second-order valence-corrected chi connectivity index (χ2v) is 9.15. The van der Waals surface area contributed by atoms with E-state index in [-0.39, 0.29) is 11.8 Å². The highest BCUT2D eigenvalue weighted by molar-refractivity contribution is 6.07. The molecular formula is C28H50N4O2. The molecule has 6 nitrogen and oxygen atoms in total. The molecule has 2 N–H and O–H groups in total. The van der Waals surface area contributed by atoms with E-state index in [2.05, 4.69) is 48.1 Å². The van der Waals surface area contributed by atoms with Crippen LogP contribution < -0.4 is 10.6 Å². The van der Waals surface area contributed by atoms with Crippen LogP contribution in [0.3, 0.4) is 0 Å². The topological polar surface area (TPSA) is 64.7 Å². The second kappa shape index (κ2) is 19.4. The van der Waals surface area contributed by atoms with E-state index >= 15 is 0 Å². The molecular weight excluding hydrogens is 424 g/mol. The van der Waals surface area contributed by atoms with Crippen molar-refractivity contribution in [3.63, 3.8) is 0 Å². The molecule has 1 aromatic rings. The molecule has 0 saturated heterocycles. The van der Waals surface area contributed by atoms with Gasteiger partial charge in [0.2, 0.25) is 0 Å². The summed E-state index contributed by atoms with van der Waals surface area (Å²) in [6, 6.07) is 7.12. The molecule has 0 unspecified atom stereocenters. The first-order valence-electron chi connectivity index (χ1n) is 13.7. The molecule has 194 valence electrons. The van der Waals surface area contributed by atoms with Crippen LogP contribution in [0.2, 0.25) is 0 Å². The van der Waals surface area contributed by atoms with Crippen LogP contribution in [-0.2, 0) is 0 Å². The molecule has 0 fully saturated rings. The fourth-order valence-corrected chi connectivity index (χ4v) is 3.92. The lowest BCUT2D eigenvalue weighted by molar-refractivity contribution is 0.0913. The maximum Gasteiger partial charge on any atom is 0.252 e. The van der Waals surface area contributed by atoms with Crippen molar-refractivity contribution < 1.29 is 9.59 Å². The number of amides is 2. The zero-order valence-corrected chi connectivity index (χ0v) is 22.3. The zero-order chi connectivity index (χ0) is 25.0. The number of carbonyl (C=O) groups excluding carboxylic acids is 2. The fourth-order valence-electron chi connectivity index (χ4n) is 3.92. The van der Waals surface area contributed by atoms with E-state index in [1.165, 1.54) is 51.4 Å². The molecule has 0 aliphatic heterocycles. The maximum absolute atomic E-state index is 12.9. The molecule has 0 aliphatic rings. The van der Waals surface area contributed by atoms with Crippen LogP contribution in [0.5, 0.6) is 0 Å². The van der Waals surface area contributed by atoms with Gasteiger partial charge in [-0.2, -0.15) is 0 Å². The predicted octanol–water partition coefficient (Wildman–Crippen LogP) is 4.95. The normalized spacial score (nSPS) is 11.2. The van der Waals surface area contributed by atoms with E-state index in [1.54, 1.807) is 12.1 Å². The van der Waals surface area contributed by atoms with Gasteiger partial charge in [0.25, 0.3) is 11.8 Å². The molecule has 1 rings (SSSR count). The summed E-state index contributed by atoms with van der Waals surface area (Å²) in [5.74, 6) is -0.353. The van der Waals surface area contributed by atoms with Crippen molar-refractivity contribution in [2.24, 2.45) is 0 Å². The largest absolute Gasteiger partial charge is 0.351 e. The first kappa shape index (κ1) is 30.1. The molecule has 0 saturated carbocycles. The fraction of sp³-hybridized carbons (Fsp3) is 0.714. The van der Waals surface area contributed by atoms with E-state index in [0.717, 1.165) is 39.3 Å². The molecule has 0 atom stereocenters. The van der Waals surface area contributed by atoms with Crippen molar-refractivity contribution in [2.75, 3.05) is 52.4 Å². The summed E-state index contributed by atoms with van der Waals surface area (Å²) in [5.41, 5.74) is 0.893. The standard InChI is InChI=1S/C28H50N4O2/c1-5-9-19-31(20-10-6-2)23-17-29-27(33)25-15-13-14-16-26(25)28(34)30-18-24-32(21-11-7-3)22-12-8-4/h13-16H,5-12,17-24H2,1-4H3,(H,29,33)(H,30,34). The maximum atomic E-state index is 12.9. The van der Waals surface area contributed by atoms with Crippen LogP contribution in [0.15, 0.2) is 24.3 Å². The van der Waals surface area contributed by atoms with Crippen LogP contribution in [0.4, 0.5) is 0 Å². The van der Waals surface area contributed by atoms with Crippen molar-refractivity contribution in [1.29, 1.82) is 0 Å². The van der Waals surface area contributed by atoms with E-state index in [4.69, 9.17) is 0 Å². The number of nitrogens with one attached hydrogen (secondary N) is 2. The SMILES string of the molecule is CCCCN(CCCC)CCNC(=O)c1ccccc1C(=O)NCCN(CCCC)CCCC. The highest BCUT2D eigenvalue weighted by Gasteiger charge is 2.17. The molecule has 0 spiro atoms. The van der Waals surface area contributed by atoms with Crippen molar-refractivity contribution in [3.05, 3.63) is 35.4 Å². The summed E-state index contributed by atoms with van der Waals surface area (Å²) in [6.45, 7) is 15.9. The molecule has 0 aromatic heterocycles. The van der Waals surface area contributed by atoms with Crippen LogP contribution in [0, 0.1) is 0 Å². The van der Waals surface area contributed by atoms with Crippen LogP contribution in [0.1, 0.15) is 99.8 Å². The molecule has 0 bridgehead atoms. The summed E-state index contributed by atoms with van der Waals surface area (Å²) in [5, 5.41) is 6.06. The lowest BCUT2D eigenvalue weighted by atomic mass is 10.1. The Bertz CT molecular complexity index is 607. The Kier molecular flexibility index (Phi) is 17.2. The Balaban J connectivity index is 2.60. The van der Waals surface area contributed by atoms with Gasteiger partial charge in [-0.3, -0.25) is 9.59 Å². The highest BCUT2D eigenvalue weighted by atomic mass is 16.2. The first-order valence-corrected chi connectivity index (χ1v) is 13.7. The number of unbranched alkanes of at least 4 members (excludes halogenated alkanes) is 4. The smallest absolute Gasteiger partial charge is 0.252 e. The number of hydrogen-bond donors (Lipinski definition) is 2. The minimum atomic E-state index is -0.177. The van der Waals surface area contributed by atoms with Crippen LogP contribution in [0.25, 0.3) is 0 Å². The summed E-state index contributed by atoms with van der Waals surface area (Å²) in [6.07, 6.45) is 9.39. The van der Waals surface area contributed by atoms with Crippen molar-refractivity contribution >= 4 is 11.8 Å². The van der Waals surface area contributed by atoms with Gasteiger partial charge < -0.3 is 20.4 Å². The van der Waals surface area contributed by atoms with Crippen molar-refractivity contribution in [3.8, 4) is 0 Å². The number of nitrogens with zero attached hydrogens (tertiary/aromatic N) is 2. The minimum Gasteiger partial charge on any atom is -0.351 e. The average molecular weight is 475 g/mol. The first-order chi connectivity index (χ1) is 16.6. The monoisotopic (exact) mass is 474 g/mol. The predicted molar refractivity (Wildman–Crippen MR) is 144 cm³/mol. The van der Waals surface area contributed by atoms with E-state index in [1.807, 2.05) is 12.1 Å². The summed E-state index contributed by atoms with van der Waals surface area (Å²) >= 11 is 0. The lowest BCUT2D eigenvalue weighted by Crippen LogP contribution is -2.38. The number of hydrogen-bond acceptors (Lipinski definition) is 4. The van der Waals surface area contributed by atoms with Gasteiger partial charge in [0.05, 0.1) is 11.1 Å².